The minimum absolute atomic E-state index is 0.598. The second kappa shape index (κ2) is 6.40. The maximum Gasteiger partial charge on any atom is 0.391 e. The SMILES string of the molecule is C[C@H](C(=O)NC(CC(F)(F)F)C(=O)O)c1ccccc1. The number of carbonyl (C=O) groups excluding carboxylic acids is 1. The fourth-order valence-electron chi connectivity index (χ4n) is 1.62. The highest BCUT2D eigenvalue weighted by Crippen LogP contribution is 2.22. The molecule has 0 aliphatic heterocycles. The lowest BCUT2D eigenvalue weighted by Crippen LogP contribution is -2.45. The average molecular weight is 289 g/mol. The van der Waals surface area contributed by atoms with E-state index in [0.29, 0.717) is 5.56 Å². The third-order valence-corrected chi connectivity index (χ3v) is 2.74. The Bertz CT molecular complexity index is 473. The monoisotopic (exact) mass is 289 g/mol. The Hall–Kier alpha value is -2.05. The highest BCUT2D eigenvalue weighted by atomic mass is 19.4. The average Bonchev–Trinajstić information content (AvgIpc) is 2.36. The molecule has 20 heavy (non-hydrogen) atoms. The van der Waals surface area contributed by atoms with Crippen LogP contribution in [0.5, 0.6) is 0 Å². The summed E-state index contributed by atoms with van der Waals surface area (Å²) in [5.74, 6) is -3.20. The van der Waals surface area contributed by atoms with Crippen LogP contribution in [0.15, 0.2) is 30.3 Å². The molecule has 7 heteroatoms. The maximum absolute atomic E-state index is 12.2. The van der Waals surface area contributed by atoms with E-state index >= 15 is 0 Å². The van der Waals surface area contributed by atoms with Crippen molar-refractivity contribution in [3.8, 4) is 0 Å². The molecule has 1 rings (SSSR count). The number of benzene rings is 1. The Labute approximate surface area is 113 Å². The number of alkyl halides is 3. The molecule has 0 aromatic heterocycles. The van der Waals surface area contributed by atoms with E-state index in [1.54, 1.807) is 30.3 Å². The molecule has 110 valence electrons. The van der Waals surface area contributed by atoms with Gasteiger partial charge in [0.05, 0.1) is 12.3 Å². The molecule has 0 fully saturated rings. The van der Waals surface area contributed by atoms with Gasteiger partial charge in [0.1, 0.15) is 6.04 Å². The van der Waals surface area contributed by atoms with Crippen molar-refractivity contribution in [3.63, 3.8) is 0 Å². The molecular formula is C13H14F3NO3. The summed E-state index contributed by atoms with van der Waals surface area (Å²) in [6.45, 7) is 1.50. The van der Waals surface area contributed by atoms with Crippen molar-refractivity contribution in [2.75, 3.05) is 0 Å². The van der Waals surface area contributed by atoms with E-state index in [9.17, 15) is 22.8 Å². The number of carboxylic acid groups (broad SMARTS) is 1. The summed E-state index contributed by atoms with van der Waals surface area (Å²) in [5.41, 5.74) is 0.598. The predicted molar refractivity (Wildman–Crippen MR) is 65.1 cm³/mol. The third-order valence-electron chi connectivity index (χ3n) is 2.74. The van der Waals surface area contributed by atoms with Crippen LogP contribution in [0.3, 0.4) is 0 Å². The molecule has 1 aromatic rings. The fourth-order valence-corrected chi connectivity index (χ4v) is 1.62. The van der Waals surface area contributed by atoms with Gasteiger partial charge >= 0.3 is 12.1 Å². The summed E-state index contributed by atoms with van der Waals surface area (Å²) >= 11 is 0. The van der Waals surface area contributed by atoms with E-state index in [2.05, 4.69) is 0 Å². The lowest BCUT2D eigenvalue weighted by atomic mass is 10.00. The van der Waals surface area contributed by atoms with Crippen molar-refractivity contribution in [2.45, 2.75) is 31.5 Å². The fraction of sp³-hybridized carbons (Fsp3) is 0.385. The van der Waals surface area contributed by atoms with Crippen LogP contribution in [-0.2, 0) is 9.59 Å². The highest BCUT2D eigenvalue weighted by molar-refractivity contribution is 5.87. The number of hydrogen-bond acceptors (Lipinski definition) is 2. The molecule has 0 aliphatic carbocycles. The Morgan fingerprint density at radius 3 is 2.25 bits per heavy atom. The number of amides is 1. The summed E-state index contributed by atoms with van der Waals surface area (Å²) in [4.78, 5) is 22.6. The number of rotatable bonds is 5. The standard InChI is InChI=1S/C13H14F3NO3/c1-8(9-5-3-2-4-6-9)11(18)17-10(12(19)20)7-13(14,15)16/h2-6,8,10H,7H2,1H3,(H,17,18)(H,19,20)/t8-,10?/m0/s1. The third kappa shape index (κ3) is 4.91. The van der Waals surface area contributed by atoms with Crippen LogP contribution >= 0.6 is 0 Å². The van der Waals surface area contributed by atoms with Crippen LogP contribution in [0.2, 0.25) is 0 Å². The Morgan fingerprint density at radius 1 is 1.25 bits per heavy atom. The second-order valence-corrected chi connectivity index (χ2v) is 4.35. The molecule has 0 bridgehead atoms. The smallest absolute Gasteiger partial charge is 0.391 e. The van der Waals surface area contributed by atoms with Crippen molar-refractivity contribution in [1.29, 1.82) is 0 Å². The number of halogens is 3. The zero-order valence-electron chi connectivity index (χ0n) is 10.6. The van der Waals surface area contributed by atoms with Crippen LogP contribution in [0, 0.1) is 0 Å². The van der Waals surface area contributed by atoms with Crippen LogP contribution in [0.25, 0.3) is 0 Å². The lowest BCUT2D eigenvalue weighted by Gasteiger charge is -2.19. The first-order valence-corrected chi connectivity index (χ1v) is 5.85. The first-order valence-electron chi connectivity index (χ1n) is 5.85. The zero-order chi connectivity index (χ0) is 15.3. The molecular weight excluding hydrogens is 275 g/mol. The summed E-state index contributed by atoms with van der Waals surface area (Å²) in [6, 6.07) is 6.41. The minimum Gasteiger partial charge on any atom is -0.480 e. The van der Waals surface area contributed by atoms with Crippen LogP contribution in [0.1, 0.15) is 24.8 Å². The van der Waals surface area contributed by atoms with Crippen LogP contribution in [0.4, 0.5) is 13.2 Å². The van der Waals surface area contributed by atoms with Crippen LogP contribution in [-0.4, -0.2) is 29.2 Å². The molecule has 0 saturated heterocycles. The summed E-state index contributed by atoms with van der Waals surface area (Å²) in [6.07, 6.45) is -6.26. The normalized spacial score (nSPS) is 14.4. The number of nitrogens with one attached hydrogen (secondary N) is 1. The van der Waals surface area contributed by atoms with E-state index < -0.39 is 36.4 Å². The van der Waals surface area contributed by atoms with Gasteiger partial charge < -0.3 is 10.4 Å². The van der Waals surface area contributed by atoms with Gasteiger partial charge in [-0.3, -0.25) is 4.79 Å². The summed E-state index contributed by atoms with van der Waals surface area (Å²) in [5, 5.41) is 10.6. The number of carbonyl (C=O) groups is 2. The van der Waals surface area contributed by atoms with E-state index in [-0.39, 0.29) is 0 Å². The first-order chi connectivity index (χ1) is 9.20. The van der Waals surface area contributed by atoms with Gasteiger partial charge in [0, 0.05) is 0 Å². The van der Waals surface area contributed by atoms with E-state index in [1.165, 1.54) is 6.92 Å². The molecule has 2 atom stereocenters. The maximum atomic E-state index is 12.2. The van der Waals surface area contributed by atoms with Gasteiger partial charge in [-0.05, 0) is 12.5 Å². The highest BCUT2D eigenvalue weighted by Gasteiger charge is 2.36. The summed E-state index contributed by atoms with van der Waals surface area (Å²) < 4.78 is 36.7. The topological polar surface area (TPSA) is 66.4 Å². The molecule has 0 spiro atoms. The van der Waals surface area contributed by atoms with Crippen molar-refractivity contribution < 1.29 is 27.9 Å². The number of carboxylic acids is 1. The molecule has 0 saturated carbocycles. The first kappa shape index (κ1) is 16.0. The van der Waals surface area contributed by atoms with E-state index in [1.807, 2.05) is 5.32 Å². The Morgan fingerprint density at radius 2 is 1.80 bits per heavy atom. The van der Waals surface area contributed by atoms with E-state index in [4.69, 9.17) is 5.11 Å². The van der Waals surface area contributed by atoms with Gasteiger partial charge in [0.25, 0.3) is 0 Å². The number of hydrogen-bond donors (Lipinski definition) is 2. The van der Waals surface area contributed by atoms with Crippen molar-refractivity contribution in [1.82, 2.24) is 5.32 Å². The zero-order valence-corrected chi connectivity index (χ0v) is 10.6. The van der Waals surface area contributed by atoms with Crippen molar-refractivity contribution >= 4 is 11.9 Å². The molecule has 4 nitrogen and oxygen atoms in total. The largest absolute Gasteiger partial charge is 0.480 e. The van der Waals surface area contributed by atoms with Crippen molar-refractivity contribution in [3.05, 3.63) is 35.9 Å². The molecule has 1 unspecified atom stereocenters. The lowest BCUT2D eigenvalue weighted by molar-refractivity contribution is -0.160. The van der Waals surface area contributed by atoms with Gasteiger partial charge in [0.15, 0.2) is 0 Å². The van der Waals surface area contributed by atoms with E-state index in [0.717, 1.165) is 0 Å². The van der Waals surface area contributed by atoms with Gasteiger partial charge in [-0.25, -0.2) is 4.79 Å². The Balaban J connectivity index is 2.74. The van der Waals surface area contributed by atoms with Gasteiger partial charge in [0.2, 0.25) is 5.91 Å². The molecule has 0 aliphatic rings. The van der Waals surface area contributed by atoms with Gasteiger partial charge in [-0.15, -0.1) is 0 Å². The van der Waals surface area contributed by atoms with Gasteiger partial charge in [-0.1, -0.05) is 30.3 Å². The number of aliphatic carboxylic acids is 1. The minimum atomic E-state index is -4.66. The molecule has 2 N–H and O–H groups in total. The molecule has 1 aromatic carbocycles. The molecule has 1 amide bonds. The second-order valence-electron chi connectivity index (χ2n) is 4.35. The Kier molecular flexibility index (Phi) is 5.12. The van der Waals surface area contributed by atoms with Crippen LogP contribution < -0.4 is 5.32 Å². The van der Waals surface area contributed by atoms with Gasteiger partial charge in [-0.2, -0.15) is 13.2 Å². The predicted octanol–water partition coefficient (Wildman–Crippen LogP) is 2.31. The molecule has 0 radical (unpaired) electrons. The molecule has 0 heterocycles. The van der Waals surface area contributed by atoms with Crippen molar-refractivity contribution in [2.24, 2.45) is 0 Å². The summed E-state index contributed by atoms with van der Waals surface area (Å²) in [7, 11) is 0. The quantitative estimate of drug-likeness (QED) is 0.874.